The van der Waals surface area contributed by atoms with Crippen LogP contribution in [0.5, 0.6) is 0 Å². The molecule has 0 radical (unpaired) electrons. The molecule has 14 heavy (non-hydrogen) atoms. The average Bonchev–Trinajstić information content (AvgIpc) is 2.23. The van der Waals surface area contributed by atoms with Gasteiger partial charge in [0.25, 0.3) is 0 Å². The first-order chi connectivity index (χ1) is 6.65. The van der Waals surface area contributed by atoms with Crippen molar-refractivity contribution < 1.29 is 9.59 Å². The van der Waals surface area contributed by atoms with Gasteiger partial charge in [0.05, 0.1) is 0 Å². The summed E-state index contributed by atoms with van der Waals surface area (Å²) in [4.78, 5) is 21.2. The summed E-state index contributed by atoms with van der Waals surface area (Å²) in [6, 6.07) is 5.30. The van der Waals surface area contributed by atoms with E-state index in [2.05, 4.69) is 15.9 Å². The van der Waals surface area contributed by atoms with E-state index in [0.717, 1.165) is 5.56 Å². The fourth-order valence-corrected chi connectivity index (χ4v) is 1.33. The van der Waals surface area contributed by atoms with Crippen LogP contribution in [0.1, 0.15) is 29.8 Å². The van der Waals surface area contributed by atoms with Crippen molar-refractivity contribution in [2.24, 2.45) is 0 Å². The predicted octanol–water partition coefficient (Wildman–Crippen LogP) is 3.17. The molecule has 2 nitrogen and oxygen atoms in total. The van der Waals surface area contributed by atoms with Crippen molar-refractivity contribution in [1.29, 1.82) is 0 Å². The van der Waals surface area contributed by atoms with Gasteiger partial charge in [-0.2, -0.15) is 0 Å². The van der Waals surface area contributed by atoms with Gasteiger partial charge in [-0.05, 0) is 19.1 Å². The third kappa shape index (κ3) is 3.42. The lowest BCUT2D eigenvalue weighted by atomic mass is 10.1. The number of rotatable bonds is 2. The highest BCUT2D eigenvalue weighted by atomic mass is 79.9. The van der Waals surface area contributed by atoms with Crippen molar-refractivity contribution in [3.63, 3.8) is 0 Å². The number of Topliss-reactive ketones (excluding diaryl/α,β-unsaturated/α-hetero) is 1. The molecule has 0 aliphatic rings. The molecule has 1 aromatic carbocycles. The van der Waals surface area contributed by atoms with E-state index in [1.54, 1.807) is 12.1 Å². The molecule has 0 atom stereocenters. The number of aryl methyl sites for hydroxylation is 1. The molecule has 0 saturated carbocycles. The molecule has 0 saturated heterocycles. The van der Waals surface area contributed by atoms with Gasteiger partial charge in [0.2, 0.25) is 5.78 Å². The molecule has 76 valence electrons. The first kappa shape index (κ1) is 13.0. The van der Waals surface area contributed by atoms with Crippen LogP contribution >= 0.6 is 15.9 Å². The van der Waals surface area contributed by atoms with Crippen molar-refractivity contribution in [2.45, 2.75) is 20.8 Å². The van der Waals surface area contributed by atoms with Crippen molar-refractivity contribution in [2.75, 3.05) is 0 Å². The topological polar surface area (TPSA) is 34.1 Å². The highest BCUT2D eigenvalue weighted by molar-refractivity contribution is 9.10. The number of hydrogen-bond acceptors (Lipinski definition) is 2. The average molecular weight is 257 g/mol. The zero-order chi connectivity index (χ0) is 11.1. The van der Waals surface area contributed by atoms with E-state index < -0.39 is 5.78 Å². The van der Waals surface area contributed by atoms with Crippen LogP contribution in [0.3, 0.4) is 0 Å². The second-order valence-corrected chi connectivity index (χ2v) is 3.32. The molecule has 0 aliphatic carbocycles. The Morgan fingerprint density at radius 2 is 1.93 bits per heavy atom. The molecule has 0 amide bonds. The van der Waals surface area contributed by atoms with E-state index >= 15 is 0 Å². The van der Waals surface area contributed by atoms with Gasteiger partial charge < -0.3 is 0 Å². The Morgan fingerprint density at radius 1 is 1.36 bits per heavy atom. The molecule has 0 fully saturated rings. The summed E-state index contributed by atoms with van der Waals surface area (Å²) in [5.41, 5.74) is 1.38. The van der Waals surface area contributed by atoms with E-state index in [-0.39, 0.29) is 0 Å². The lowest BCUT2D eigenvalue weighted by Gasteiger charge is -1.99. The van der Waals surface area contributed by atoms with Gasteiger partial charge in [0, 0.05) is 10.0 Å². The van der Waals surface area contributed by atoms with E-state index in [9.17, 15) is 9.59 Å². The minimum absolute atomic E-state index is 0.319. The zero-order valence-electron chi connectivity index (χ0n) is 8.50. The molecule has 0 heterocycles. The summed E-state index contributed by atoms with van der Waals surface area (Å²) >= 11 is 3.19. The fourth-order valence-electron chi connectivity index (χ4n) is 0.891. The van der Waals surface area contributed by atoms with Gasteiger partial charge in [-0.1, -0.05) is 41.4 Å². The van der Waals surface area contributed by atoms with Crippen LogP contribution < -0.4 is 0 Å². The molecule has 0 N–H and O–H groups in total. The molecular weight excluding hydrogens is 244 g/mol. The Morgan fingerprint density at radius 3 is 2.43 bits per heavy atom. The summed E-state index contributed by atoms with van der Waals surface area (Å²) in [7, 11) is 0. The van der Waals surface area contributed by atoms with Crippen LogP contribution in [0.25, 0.3) is 0 Å². The van der Waals surface area contributed by atoms with E-state index in [1.165, 1.54) is 0 Å². The normalized spacial score (nSPS) is 8.57. The maximum Gasteiger partial charge on any atom is 0.226 e. The number of halogens is 1. The maximum atomic E-state index is 11.0. The standard InChI is InChI=1S/C9H7BrO2.C2H6/c1-6-2-3-8(10)7(4-6)9(12)5-11;1-2/h2-5H,1H3;1-2H3. The van der Waals surface area contributed by atoms with E-state index in [4.69, 9.17) is 0 Å². The third-order valence-corrected chi connectivity index (χ3v) is 2.19. The summed E-state index contributed by atoms with van der Waals surface area (Å²) < 4.78 is 0.658. The zero-order valence-corrected chi connectivity index (χ0v) is 10.1. The highest BCUT2D eigenvalue weighted by Gasteiger charge is 2.07. The maximum absolute atomic E-state index is 11.0. The Balaban J connectivity index is 0.000000791. The largest absolute Gasteiger partial charge is 0.294 e. The number of carbonyl (C=O) groups is 2. The summed E-state index contributed by atoms with van der Waals surface area (Å²) in [5, 5.41) is 0. The van der Waals surface area contributed by atoms with Crippen LogP contribution in [0, 0.1) is 6.92 Å². The van der Waals surface area contributed by atoms with E-state index in [1.807, 2.05) is 26.8 Å². The second kappa shape index (κ2) is 6.49. The Hall–Kier alpha value is -0.960. The van der Waals surface area contributed by atoms with Gasteiger partial charge in [-0.25, -0.2) is 0 Å². The fraction of sp³-hybridized carbons (Fsp3) is 0.273. The van der Waals surface area contributed by atoms with Crippen LogP contribution in [-0.2, 0) is 4.79 Å². The number of aldehydes is 1. The van der Waals surface area contributed by atoms with Crippen molar-refractivity contribution >= 4 is 28.0 Å². The summed E-state index contributed by atoms with van der Waals surface area (Å²) in [6.45, 7) is 5.87. The summed E-state index contributed by atoms with van der Waals surface area (Å²) in [5.74, 6) is -0.495. The van der Waals surface area contributed by atoms with Crippen LogP contribution in [0.15, 0.2) is 22.7 Å². The number of hydrogen-bond donors (Lipinski definition) is 0. The molecule has 1 rings (SSSR count). The number of carbonyl (C=O) groups excluding carboxylic acids is 2. The smallest absolute Gasteiger partial charge is 0.226 e. The van der Waals surface area contributed by atoms with Crippen molar-refractivity contribution in [1.82, 2.24) is 0 Å². The molecule has 0 bridgehead atoms. The Bertz CT molecular complexity index is 332. The monoisotopic (exact) mass is 256 g/mol. The van der Waals surface area contributed by atoms with Gasteiger partial charge in [-0.3, -0.25) is 9.59 Å². The number of benzene rings is 1. The summed E-state index contributed by atoms with van der Waals surface area (Å²) in [6.07, 6.45) is 0.319. The molecule has 0 spiro atoms. The highest BCUT2D eigenvalue weighted by Crippen LogP contribution is 2.17. The minimum Gasteiger partial charge on any atom is -0.294 e. The molecule has 3 heteroatoms. The molecular formula is C11H13BrO2. The van der Waals surface area contributed by atoms with Gasteiger partial charge in [0.15, 0.2) is 6.29 Å². The second-order valence-electron chi connectivity index (χ2n) is 2.47. The quantitative estimate of drug-likeness (QED) is 0.463. The minimum atomic E-state index is -0.495. The van der Waals surface area contributed by atoms with Crippen LogP contribution in [-0.4, -0.2) is 12.1 Å². The molecule has 1 aromatic rings. The van der Waals surface area contributed by atoms with Crippen LogP contribution in [0.2, 0.25) is 0 Å². The van der Waals surface area contributed by atoms with Crippen LogP contribution in [0.4, 0.5) is 0 Å². The lowest BCUT2D eigenvalue weighted by Crippen LogP contribution is -2.01. The lowest BCUT2D eigenvalue weighted by molar-refractivity contribution is -0.104. The van der Waals surface area contributed by atoms with Crippen molar-refractivity contribution in [3.8, 4) is 0 Å². The van der Waals surface area contributed by atoms with Gasteiger partial charge >= 0.3 is 0 Å². The number of ketones is 1. The Labute approximate surface area is 92.5 Å². The molecule has 0 aliphatic heterocycles. The third-order valence-electron chi connectivity index (χ3n) is 1.49. The first-order valence-corrected chi connectivity index (χ1v) is 5.20. The Kier molecular flexibility index (Phi) is 6.04. The SMILES string of the molecule is CC.Cc1ccc(Br)c(C(=O)C=O)c1. The van der Waals surface area contributed by atoms with Gasteiger partial charge in [-0.15, -0.1) is 0 Å². The first-order valence-electron chi connectivity index (χ1n) is 4.41. The molecule has 0 aromatic heterocycles. The van der Waals surface area contributed by atoms with E-state index in [0.29, 0.717) is 16.3 Å². The van der Waals surface area contributed by atoms with Gasteiger partial charge in [0.1, 0.15) is 0 Å². The van der Waals surface area contributed by atoms with Crippen molar-refractivity contribution in [3.05, 3.63) is 33.8 Å². The molecule has 0 unspecified atom stereocenters. The predicted molar refractivity (Wildman–Crippen MR) is 60.6 cm³/mol.